The molecule has 22 heavy (non-hydrogen) atoms. The lowest BCUT2D eigenvalue weighted by Gasteiger charge is -2.04. The number of nitrogens with one attached hydrogen (secondary N) is 2. The van der Waals surface area contributed by atoms with E-state index in [4.69, 9.17) is 5.73 Å². The first kappa shape index (κ1) is 13.9. The zero-order valence-electron chi connectivity index (χ0n) is 12.0. The van der Waals surface area contributed by atoms with Crippen LogP contribution >= 0.6 is 0 Å². The number of amides is 2. The van der Waals surface area contributed by atoms with Gasteiger partial charge in [0.05, 0.1) is 0 Å². The molecule has 0 atom stereocenters. The Morgan fingerprint density at radius 3 is 2.68 bits per heavy atom. The molecule has 0 aliphatic carbocycles. The molecule has 0 aliphatic heterocycles. The van der Waals surface area contributed by atoms with Gasteiger partial charge < -0.3 is 16.0 Å². The van der Waals surface area contributed by atoms with E-state index in [0.717, 1.165) is 16.5 Å². The van der Waals surface area contributed by atoms with Crippen LogP contribution in [-0.2, 0) is 0 Å². The third-order valence-corrected chi connectivity index (χ3v) is 3.43. The van der Waals surface area contributed by atoms with Crippen molar-refractivity contribution in [2.45, 2.75) is 6.92 Å². The Morgan fingerprint density at radius 1 is 1.09 bits per heavy atom. The number of rotatable bonds is 3. The number of fused-ring (bicyclic) bond motifs is 1. The summed E-state index contributed by atoms with van der Waals surface area (Å²) in [6.45, 7) is 2.00. The van der Waals surface area contributed by atoms with Gasteiger partial charge >= 0.3 is 0 Å². The summed E-state index contributed by atoms with van der Waals surface area (Å²) in [7, 11) is 0. The van der Waals surface area contributed by atoms with E-state index >= 15 is 0 Å². The number of aryl methyl sites for hydroxylation is 1. The first-order valence-corrected chi connectivity index (χ1v) is 6.83. The molecule has 5 nitrogen and oxygen atoms in total. The van der Waals surface area contributed by atoms with Crippen LogP contribution in [0.5, 0.6) is 0 Å². The lowest BCUT2D eigenvalue weighted by atomic mass is 10.2. The molecule has 0 radical (unpaired) electrons. The van der Waals surface area contributed by atoms with E-state index in [1.165, 1.54) is 0 Å². The lowest BCUT2D eigenvalue weighted by Crippen LogP contribution is -2.14. The quantitative estimate of drug-likeness (QED) is 0.693. The second-order valence-corrected chi connectivity index (χ2v) is 5.17. The molecule has 2 amide bonds. The Labute approximate surface area is 127 Å². The van der Waals surface area contributed by atoms with E-state index in [-0.39, 0.29) is 5.91 Å². The van der Waals surface area contributed by atoms with E-state index in [0.29, 0.717) is 16.9 Å². The number of primary amides is 1. The van der Waals surface area contributed by atoms with Gasteiger partial charge in [-0.05, 0) is 43.3 Å². The second kappa shape index (κ2) is 5.37. The molecule has 1 heterocycles. The highest BCUT2D eigenvalue weighted by Gasteiger charge is 2.10. The molecule has 110 valence electrons. The summed E-state index contributed by atoms with van der Waals surface area (Å²) in [6.07, 6.45) is 0. The Kier molecular flexibility index (Phi) is 3.39. The van der Waals surface area contributed by atoms with E-state index in [1.807, 2.05) is 25.1 Å². The van der Waals surface area contributed by atoms with Crippen molar-refractivity contribution >= 4 is 28.4 Å². The van der Waals surface area contributed by atoms with Gasteiger partial charge in [0.1, 0.15) is 5.69 Å². The molecule has 0 fully saturated rings. The zero-order valence-corrected chi connectivity index (χ0v) is 12.0. The molecule has 0 spiro atoms. The number of aromatic amines is 1. The predicted molar refractivity (Wildman–Crippen MR) is 85.9 cm³/mol. The summed E-state index contributed by atoms with van der Waals surface area (Å²) in [6, 6.07) is 14.3. The number of anilines is 1. The molecule has 2 aromatic carbocycles. The molecular formula is C17H15N3O2. The number of hydrogen-bond donors (Lipinski definition) is 3. The lowest BCUT2D eigenvalue weighted by molar-refractivity contribution is 0.0995. The van der Waals surface area contributed by atoms with E-state index in [1.54, 1.807) is 30.3 Å². The molecule has 0 unspecified atom stereocenters. The van der Waals surface area contributed by atoms with E-state index < -0.39 is 5.91 Å². The van der Waals surface area contributed by atoms with Gasteiger partial charge in [-0.1, -0.05) is 17.7 Å². The number of benzene rings is 2. The second-order valence-electron chi connectivity index (χ2n) is 5.17. The van der Waals surface area contributed by atoms with Crippen LogP contribution in [0.2, 0.25) is 0 Å². The molecule has 0 aliphatic rings. The van der Waals surface area contributed by atoms with Gasteiger partial charge in [0.15, 0.2) is 0 Å². The molecule has 0 saturated carbocycles. The fourth-order valence-corrected chi connectivity index (χ4v) is 2.32. The third-order valence-electron chi connectivity index (χ3n) is 3.43. The first-order chi connectivity index (χ1) is 10.5. The average molecular weight is 293 g/mol. The number of nitrogens with two attached hydrogens (primary N) is 1. The van der Waals surface area contributed by atoms with Gasteiger partial charge in [0.25, 0.3) is 5.91 Å². The van der Waals surface area contributed by atoms with Crippen molar-refractivity contribution in [1.82, 2.24) is 4.98 Å². The minimum atomic E-state index is -0.530. The van der Waals surface area contributed by atoms with Crippen molar-refractivity contribution in [3.05, 3.63) is 65.4 Å². The summed E-state index contributed by atoms with van der Waals surface area (Å²) in [5.74, 6) is -0.798. The Bertz CT molecular complexity index is 880. The van der Waals surface area contributed by atoms with Crippen LogP contribution in [-0.4, -0.2) is 16.8 Å². The number of hydrogen-bond acceptors (Lipinski definition) is 2. The summed E-state index contributed by atoms with van der Waals surface area (Å²) in [4.78, 5) is 26.5. The maximum absolute atomic E-state index is 12.3. The average Bonchev–Trinajstić information content (AvgIpc) is 2.90. The fraction of sp³-hybridized carbons (Fsp3) is 0.0588. The van der Waals surface area contributed by atoms with Gasteiger partial charge in [-0.3, -0.25) is 9.59 Å². The summed E-state index contributed by atoms with van der Waals surface area (Å²) in [5, 5.41) is 3.73. The van der Waals surface area contributed by atoms with E-state index in [2.05, 4.69) is 10.3 Å². The summed E-state index contributed by atoms with van der Waals surface area (Å²) >= 11 is 0. The SMILES string of the molecule is Cc1ccc2[nH]c(C(=O)Nc3cccc(C(N)=O)c3)cc2c1. The molecule has 3 rings (SSSR count). The number of aromatic nitrogens is 1. The van der Waals surface area contributed by atoms with Crippen LogP contribution in [0.1, 0.15) is 26.4 Å². The molecule has 1 aromatic heterocycles. The molecule has 0 saturated heterocycles. The zero-order chi connectivity index (χ0) is 15.7. The van der Waals surface area contributed by atoms with Gasteiger partial charge in [0.2, 0.25) is 5.91 Å². The molecule has 4 N–H and O–H groups in total. The first-order valence-electron chi connectivity index (χ1n) is 6.83. The van der Waals surface area contributed by atoms with Crippen LogP contribution < -0.4 is 11.1 Å². The standard InChI is InChI=1S/C17H15N3O2/c1-10-5-6-14-12(7-10)9-15(20-14)17(22)19-13-4-2-3-11(8-13)16(18)21/h2-9,20H,1H3,(H2,18,21)(H,19,22). The summed E-state index contributed by atoms with van der Waals surface area (Å²) in [5.41, 5.74) is 8.61. The minimum absolute atomic E-state index is 0.268. The van der Waals surface area contributed by atoms with Crippen molar-refractivity contribution in [2.75, 3.05) is 5.32 Å². The van der Waals surface area contributed by atoms with Gasteiger partial charge in [-0.2, -0.15) is 0 Å². The maximum atomic E-state index is 12.3. The van der Waals surface area contributed by atoms with Gasteiger partial charge in [-0.25, -0.2) is 0 Å². The number of carbonyl (C=O) groups is 2. The van der Waals surface area contributed by atoms with Crippen molar-refractivity contribution in [3.8, 4) is 0 Å². The minimum Gasteiger partial charge on any atom is -0.366 e. The largest absolute Gasteiger partial charge is 0.366 e. The normalized spacial score (nSPS) is 10.6. The van der Waals surface area contributed by atoms with E-state index in [9.17, 15) is 9.59 Å². The third kappa shape index (κ3) is 2.69. The molecular weight excluding hydrogens is 278 g/mol. The van der Waals surface area contributed by atoms with Crippen molar-refractivity contribution < 1.29 is 9.59 Å². The number of H-pyrrole nitrogens is 1. The molecule has 5 heteroatoms. The topological polar surface area (TPSA) is 88.0 Å². The fourth-order valence-electron chi connectivity index (χ4n) is 2.32. The van der Waals surface area contributed by atoms with Crippen LogP contribution in [0, 0.1) is 6.92 Å². The highest BCUT2D eigenvalue weighted by Crippen LogP contribution is 2.18. The maximum Gasteiger partial charge on any atom is 0.272 e. The Balaban J connectivity index is 1.86. The Morgan fingerprint density at radius 2 is 1.91 bits per heavy atom. The smallest absolute Gasteiger partial charge is 0.272 e. The molecule has 3 aromatic rings. The van der Waals surface area contributed by atoms with Crippen molar-refractivity contribution in [1.29, 1.82) is 0 Å². The van der Waals surface area contributed by atoms with Crippen molar-refractivity contribution in [3.63, 3.8) is 0 Å². The van der Waals surface area contributed by atoms with Crippen LogP contribution in [0.3, 0.4) is 0 Å². The highest BCUT2D eigenvalue weighted by atomic mass is 16.2. The van der Waals surface area contributed by atoms with Gasteiger partial charge in [0, 0.05) is 22.2 Å². The van der Waals surface area contributed by atoms with Crippen LogP contribution in [0.4, 0.5) is 5.69 Å². The van der Waals surface area contributed by atoms with Gasteiger partial charge in [-0.15, -0.1) is 0 Å². The van der Waals surface area contributed by atoms with Crippen LogP contribution in [0.25, 0.3) is 10.9 Å². The summed E-state index contributed by atoms with van der Waals surface area (Å²) < 4.78 is 0. The van der Waals surface area contributed by atoms with Crippen LogP contribution in [0.15, 0.2) is 48.5 Å². The van der Waals surface area contributed by atoms with Crippen molar-refractivity contribution in [2.24, 2.45) is 5.73 Å². The number of carbonyl (C=O) groups excluding carboxylic acids is 2. The monoisotopic (exact) mass is 293 g/mol. The Hall–Kier alpha value is -3.08. The highest BCUT2D eigenvalue weighted by molar-refractivity contribution is 6.06. The molecule has 0 bridgehead atoms. The predicted octanol–water partition coefficient (Wildman–Crippen LogP) is 2.83.